The molecule has 0 spiro atoms. The van der Waals surface area contributed by atoms with Crippen LogP contribution in [0.25, 0.3) is 0 Å². The van der Waals surface area contributed by atoms with Gasteiger partial charge in [0.1, 0.15) is 13.2 Å². The summed E-state index contributed by atoms with van der Waals surface area (Å²) in [5.74, 6) is -3.76. The Morgan fingerprint density at radius 1 is 0.700 bits per heavy atom. The van der Waals surface area contributed by atoms with E-state index in [9.17, 15) is 28.8 Å². The predicted octanol–water partition coefficient (Wildman–Crippen LogP) is 1.78. The molecule has 2 aliphatic rings. The molecular formula is C21H12O9. The molecule has 0 radical (unpaired) electrons. The molecule has 0 N–H and O–H groups in total. The lowest BCUT2D eigenvalue weighted by Gasteiger charge is -2.07. The first-order valence-corrected chi connectivity index (χ1v) is 8.80. The molecule has 9 nitrogen and oxygen atoms in total. The van der Waals surface area contributed by atoms with Crippen LogP contribution in [0.1, 0.15) is 68.6 Å². The van der Waals surface area contributed by atoms with E-state index in [-0.39, 0.29) is 64.6 Å². The normalized spacial score (nSPS) is 14.3. The SMILES string of the molecule is O=C(OCCOC(=O)c1ccc2c(c1)C(=O)OC2=O)c1ccc2c(c1)C(=O)CC2=O. The van der Waals surface area contributed by atoms with Gasteiger partial charge in [0.25, 0.3) is 0 Å². The quantitative estimate of drug-likeness (QED) is 0.314. The zero-order valence-electron chi connectivity index (χ0n) is 15.3. The molecule has 150 valence electrons. The number of hydrogen-bond donors (Lipinski definition) is 0. The Kier molecular flexibility index (Phi) is 4.71. The Labute approximate surface area is 168 Å². The number of ketones is 2. The van der Waals surface area contributed by atoms with Crippen molar-refractivity contribution in [3.63, 3.8) is 0 Å². The molecular weight excluding hydrogens is 396 g/mol. The Hall–Kier alpha value is -4.14. The summed E-state index contributed by atoms with van der Waals surface area (Å²) in [6, 6.07) is 7.90. The van der Waals surface area contributed by atoms with Gasteiger partial charge in [0.15, 0.2) is 11.6 Å². The van der Waals surface area contributed by atoms with Crippen molar-refractivity contribution in [2.75, 3.05) is 13.2 Å². The molecule has 2 aromatic rings. The van der Waals surface area contributed by atoms with E-state index >= 15 is 0 Å². The second-order valence-electron chi connectivity index (χ2n) is 6.49. The molecule has 30 heavy (non-hydrogen) atoms. The monoisotopic (exact) mass is 408 g/mol. The van der Waals surface area contributed by atoms with Crippen LogP contribution in [0.5, 0.6) is 0 Å². The summed E-state index contributed by atoms with van der Waals surface area (Å²) in [7, 11) is 0. The molecule has 0 unspecified atom stereocenters. The molecule has 4 rings (SSSR count). The average Bonchev–Trinajstić information content (AvgIpc) is 3.19. The first-order valence-electron chi connectivity index (χ1n) is 8.80. The van der Waals surface area contributed by atoms with Crippen LogP contribution in [-0.2, 0) is 14.2 Å². The van der Waals surface area contributed by atoms with Crippen LogP contribution in [0.2, 0.25) is 0 Å². The highest BCUT2D eigenvalue weighted by Gasteiger charge is 2.31. The van der Waals surface area contributed by atoms with Gasteiger partial charge in [-0.15, -0.1) is 0 Å². The zero-order valence-corrected chi connectivity index (χ0v) is 15.3. The Morgan fingerprint density at radius 3 is 1.83 bits per heavy atom. The summed E-state index contributed by atoms with van der Waals surface area (Å²) in [6.07, 6.45) is -0.210. The third-order valence-electron chi connectivity index (χ3n) is 4.61. The first-order chi connectivity index (χ1) is 14.3. The van der Waals surface area contributed by atoms with E-state index in [2.05, 4.69) is 4.74 Å². The molecule has 0 amide bonds. The largest absolute Gasteiger partial charge is 0.458 e. The molecule has 9 heteroatoms. The van der Waals surface area contributed by atoms with Crippen molar-refractivity contribution in [2.45, 2.75) is 6.42 Å². The molecule has 2 aromatic carbocycles. The van der Waals surface area contributed by atoms with E-state index in [0.717, 1.165) is 0 Å². The number of fused-ring (bicyclic) bond motifs is 2. The Morgan fingerprint density at radius 2 is 1.20 bits per heavy atom. The second kappa shape index (κ2) is 7.36. The average molecular weight is 408 g/mol. The van der Waals surface area contributed by atoms with Crippen LogP contribution >= 0.6 is 0 Å². The van der Waals surface area contributed by atoms with E-state index in [1.807, 2.05) is 0 Å². The molecule has 1 aliphatic carbocycles. The fourth-order valence-electron chi connectivity index (χ4n) is 3.13. The lowest BCUT2D eigenvalue weighted by atomic mass is 10.1. The van der Waals surface area contributed by atoms with Crippen LogP contribution < -0.4 is 0 Å². The first kappa shape index (κ1) is 19.2. The van der Waals surface area contributed by atoms with Crippen molar-refractivity contribution in [3.05, 3.63) is 69.8 Å². The van der Waals surface area contributed by atoms with Crippen LogP contribution in [0.15, 0.2) is 36.4 Å². The van der Waals surface area contributed by atoms with Gasteiger partial charge in [0.05, 0.1) is 28.7 Å². The zero-order chi connectivity index (χ0) is 21.4. The number of cyclic esters (lactones) is 2. The standard InChI is InChI=1S/C21H12O9/c22-16-9-17(23)14-7-10(1-3-12(14)16)18(24)28-5-6-29-19(25)11-2-4-13-15(8-11)21(27)30-20(13)26/h1-4,7-8H,5-6,9H2. The lowest BCUT2D eigenvalue weighted by Crippen LogP contribution is -2.15. The topological polar surface area (TPSA) is 130 Å². The molecule has 0 saturated carbocycles. The number of ether oxygens (including phenoxy) is 3. The van der Waals surface area contributed by atoms with Gasteiger partial charge >= 0.3 is 23.9 Å². The predicted molar refractivity (Wildman–Crippen MR) is 96.5 cm³/mol. The van der Waals surface area contributed by atoms with E-state index in [1.54, 1.807) is 0 Å². The highest BCUT2D eigenvalue weighted by atomic mass is 16.6. The van der Waals surface area contributed by atoms with E-state index in [4.69, 9.17) is 9.47 Å². The maximum atomic E-state index is 12.1. The minimum absolute atomic E-state index is 0.0227. The van der Waals surface area contributed by atoms with Gasteiger partial charge in [-0.05, 0) is 36.4 Å². The number of esters is 4. The number of benzene rings is 2. The van der Waals surface area contributed by atoms with E-state index in [1.165, 1.54) is 36.4 Å². The highest BCUT2D eigenvalue weighted by Crippen LogP contribution is 2.24. The summed E-state index contributed by atoms with van der Waals surface area (Å²) >= 11 is 0. The summed E-state index contributed by atoms with van der Waals surface area (Å²) in [4.78, 5) is 70.5. The molecule has 1 heterocycles. The van der Waals surface area contributed by atoms with Crippen LogP contribution in [-0.4, -0.2) is 48.7 Å². The fourth-order valence-corrected chi connectivity index (χ4v) is 3.13. The highest BCUT2D eigenvalue weighted by molar-refractivity contribution is 6.24. The van der Waals surface area contributed by atoms with Gasteiger partial charge in [0.2, 0.25) is 0 Å². The molecule has 0 saturated heterocycles. The number of Topliss-reactive ketones (excluding diaryl/α,β-unsaturated/α-hetero) is 2. The fraction of sp³-hybridized carbons (Fsp3) is 0.143. The maximum Gasteiger partial charge on any atom is 0.346 e. The number of carbonyl (C=O) groups is 6. The van der Waals surface area contributed by atoms with Crippen molar-refractivity contribution < 1.29 is 43.0 Å². The smallest absolute Gasteiger partial charge is 0.346 e. The van der Waals surface area contributed by atoms with Crippen molar-refractivity contribution in [3.8, 4) is 0 Å². The van der Waals surface area contributed by atoms with Crippen molar-refractivity contribution in [2.24, 2.45) is 0 Å². The third-order valence-corrected chi connectivity index (χ3v) is 4.61. The molecule has 0 bridgehead atoms. The summed E-state index contributed by atoms with van der Waals surface area (Å²) in [5.41, 5.74) is 0.656. The summed E-state index contributed by atoms with van der Waals surface area (Å²) in [5, 5.41) is 0. The molecule has 0 fully saturated rings. The third kappa shape index (κ3) is 3.37. The van der Waals surface area contributed by atoms with Gasteiger partial charge in [-0.1, -0.05) is 0 Å². The van der Waals surface area contributed by atoms with Gasteiger partial charge < -0.3 is 14.2 Å². The minimum atomic E-state index is -0.840. The minimum Gasteiger partial charge on any atom is -0.458 e. The molecule has 0 atom stereocenters. The van der Waals surface area contributed by atoms with Crippen LogP contribution in [0.3, 0.4) is 0 Å². The van der Waals surface area contributed by atoms with Crippen molar-refractivity contribution in [1.29, 1.82) is 0 Å². The van der Waals surface area contributed by atoms with Gasteiger partial charge in [-0.25, -0.2) is 19.2 Å². The Bertz CT molecular complexity index is 1070. The number of carbonyl (C=O) groups excluding carboxylic acids is 6. The van der Waals surface area contributed by atoms with Crippen LogP contribution in [0.4, 0.5) is 0 Å². The van der Waals surface area contributed by atoms with Gasteiger partial charge in [-0.3, -0.25) is 9.59 Å². The maximum absolute atomic E-state index is 12.1. The van der Waals surface area contributed by atoms with E-state index < -0.39 is 23.9 Å². The Balaban J connectivity index is 1.31. The molecule has 0 aromatic heterocycles. The lowest BCUT2D eigenvalue weighted by molar-refractivity contribution is 0.0265. The van der Waals surface area contributed by atoms with Crippen molar-refractivity contribution >= 4 is 35.4 Å². The van der Waals surface area contributed by atoms with E-state index in [0.29, 0.717) is 0 Å². The van der Waals surface area contributed by atoms with Crippen molar-refractivity contribution in [1.82, 2.24) is 0 Å². The van der Waals surface area contributed by atoms with Gasteiger partial charge in [0, 0.05) is 11.1 Å². The van der Waals surface area contributed by atoms with Crippen LogP contribution in [0, 0.1) is 0 Å². The second-order valence-corrected chi connectivity index (χ2v) is 6.49. The molecule has 1 aliphatic heterocycles. The van der Waals surface area contributed by atoms with Gasteiger partial charge in [-0.2, -0.15) is 0 Å². The summed E-state index contributed by atoms with van der Waals surface area (Å²) < 4.78 is 14.4. The summed E-state index contributed by atoms with van der Waals surface area (Å²) in [6.45, 7) is -0.507. The number of rotatable bonds is 5. The number of hydrogen-bond acceptors (Lipinski definition) is 9.